The van der Waals surface area contributed by atoms with Crippen LogP contribution >= 0.6 is 0 Å². The predicted octanol–water partition coefficient (Wildman–Crippen LogP) is 1.63. The van der Waals surface area contributed by atoms with Crippen LogP contribution < -0.4 is 4.90 Å². The molecule has 1 aromatic rings. The molecule has 0 spiro atoms. The molecule has 1 heterocycles. The number of aryl methyl sites for hydroxylation is 1. The second kappa shape index (κ2) is 7.26. The highest BCUT2D eigenvalue weighted by atomic mass is 16.5. The van der Waals surface area contributed by atoms with Crippen LogP contribution in [0.25, 0.3) is 0 Å². The Morgan fingerprint density at radius 3 is 2.78 bits per heavy atom. The van der Waals surface area contributed by atoms with Crippen molar-refractivity contribution in [3.63, 3.8) is 0 Å². The minimum absolute atomic E-state index is 0.393. The third kappa shape index (κ3) is 3.44. The van der Waals surface area contributed by atoms with Gasteiger partial charge in [0.1, 0.15) is 11.9 Å². The number of nitriles is 2. The lowest BCUT2D eigenvalue weighted by molar-refractivity contribution is 0.205. The predicted molar refractivity (Wildman–Crippen MR) is 68.0 cm³/mol. The maximum atomic E-state index is 9.19. The van der Waals surface area contributed by atoms with Crippen LogP contribution in [-0.4, -0.2) is 31.8 Å². The van der Waals surface area contributed by atoms with Crippen molar-refractivity contribution in [1.82, 2.24) is 4.98 Å². The van der Waals surface area contributed by atoms with E-state index in [9.17, 15) is 5.26 Å². The Morgan fingerprint density at radius 2 is 2.17 bits per heavy atom. The van der Waals surface area contributed by atoms with Crippen molar-refractivity contribution in [2.45, 2.75) is 13.3 Å². The third-order valence-electron chi connectivity index (χ3n) is 2.61. The van der Waals surface area contributed by atoms with Gasteiger partial charge in [-0.05, 0) is 18.6 Å². The molecule has 0 aliphatic carbocycles. The van der Waals surface area contributed by atoms with Crippen LogP contribution in [0.1, 0.15) is 17.5 Å². The van der Waals surface area contributed by atoms with Gasteiger partial charge in [0.15, 0.2) is 0 Å². The zero-order chi connectivity index (χ0) is 13.4. The second-order valence-electron chi connectivity index (χ2n) is 3.83. The van der Waals surface area contributed by atoms with Crippen LogP contribution in [-0.2, 0) is 4.74 Å². The van der Waals surface area contributed by atoms with E-state index in [-0.39, 0.29) is 0 Å². The highest BCUT2D eigenvalue weighted by molar-refractivity contribution is 5.57. The number of methoxy groups -OCH3 is 1. The van der Waals surface area contributed by atoms with Crippen LogP contribution in [0.3, 0.4) is 0 Å². The minimum atomic E-state index is 0.393. The summed E-state index contributed by atoms with van der Waals surface area (Å²) >= 11 is 0. The first-order chi connectivity index (χ1) is 8.74. The number of rotatable bonds is 6. The average molecular weight is 244 g/mol. The van der Waals surface area contributed by atoms with Crippen LogP contribution in [0.2, 0.25) is 0 Å². The topological polar surface area (TPSA) is 72.9 Å². The molecule has 0 aliphatic heterocycles. The smallest absolute Gasteiger partial charge is 0.146 e. The summed E-state index contributed by atoms with van der Waals surface area (Å²) in [4.78, 5) is 6.17. The Bertz CT molecular complexity index is 473. The van der Waals surface area contributed by atoms with Crippen molar-refractivity contribution in [1.29, 1.82) is 10.5 Å². The molecule has 0 unspecified atom stereocenters. The lowest BCUT2D eigenvalue weighted by Gasteiger charge is -2.23. The Kier molecular flexibility index (Phi) is 5.63. The Hall–Kier alpha value is -2.11. The molecule has 5 nitrogen and oxygen atoms in total. The summed E-state index contributed by atoms with van der Waals surface area (Å²) in [6.45, 7) is 3.57. The lowest BCUT2D eigenvalue weighted by Crippen LogP contribution is -2.30. The van der Waals surface area contributed by atoms with E-state index in [2.05, 4.69) is 17.1 Å². The highest BCUT2D eigenvalue weighted by Gasteiger charge is 2.14. The number of pyridine rings is 1. The SMILES string of the molecule is COCCN(CCC#N)c1nccc(C)c1C#N. The lowest BCUT2D eigenvalue weighted by atomic mass is 10.1. The molecule has 18 heavy (non-hydrogen) atoms. The zero-order valence-electron chi connectivity index (χ0n) is 10.7. The molecule has 0 radical (unpaired) electrons. The first-order valence-electron chi connectivity index (χ1n) is 5.71. The van der Waals surface area contributed by atoms with E-state index < -0.39 is 0 Å². The number of aromatic nitrogens is 1. The van der Waals surface area contributed by atoms with Crippen LogP contribution in [0, 0.1) is 29.6 Å². The molecule has 94 valence electrons. The first kappa shape index (κ1) is 14.0. The van der Waals surface area contributed by atoms with E-state index >= 15 is 0 Å². The monoisotopic (exact) mass is 244 g/mol. The van der Waals surface area contributed by atoms with Crippen LogP contribution in [0.4, 0.5) is 5.82 Å². The molecule has 1 rings (SSSR count). The van der Waals surface area contributed by atoms with Crippen LogP contribution in [0.15, 0.2) is 12.3 Å². The number of nitrogens with zero attached hydrogens (tertiary/aromatic N) is 4. The molecule has 1 aromatic heterocycles. The molecule has 0 N–H and O–H groups in total. The Morgan fingerprint density at radius 1 is 1.39 bits per heavy atom. The fourth-order valence-electron chi connectivity index (χ4n) is 1.63. The summed E-state index contributed by atoms with van der Waals surface area (Å²) in [6.07, 6.45) is 2.07. The average Bonchev–Trinajstić information content (AvgIpc) is 2.39. The van der Waals surface area contributed by atoms with Gasteiger partial charge in [-0.15, -0.1) is 0 Å². The Balaban J connectivity index is 3.01. The summed E-state index contributed by atoms with van der Waals surface area (Å²) in [7, 11) is 1.62. The van der Waals surface area contributed by atoms with Crippen molar-refractivity contribution >= 4 is 5.82 Å². The fraction of sp³-hybridized carbons (Fsp3) is 0.462. The van der Waals surface area contributed by atoms with Crippen molar-refractivity contribution in [2.75, 3.05) is 31.7 Å². The molecular weight excluding hydrogens is 228 g/mol. The van der Waals surface area contributed by atoms with Crippen molar-refractivity contribution in [3.05, 3.63) is 23.4 Å². The molecule has 5 heteroatoms. The van der Waals surface area contributed by atoms with Crippen molar-refractivity contribution < 1.29 is 4.74 Å². The number of hydrogen-bond acceptors (Lipinski definition) is 5. The van der Waals surface area contributed by atoms with Crippen molar-refractivity contribution in [2.24, 2.45) is 0 Å². The van der Waals surface area contributed by atoms with E-state index in [1.54, 1.807) is 19.4 Å². The summed E-state index contributed by atoms with van der Waals surface area (Å²) in [5.41, 5.74) is 1.45. The normalized spacial score (nSPS) is 9.56. The highest BCUT2D eigenvalue weighted by Crippen LogP contribution is 2.19. The van der Waals surface area contributed by atoms with Gasteiger partial charge in [0.25, 0.3) is 0 Å². The molecule has 0 aromatic carbocycles. The molecule has 0 aliphatic rings. The number of ether oxygens (including phenoxy) is 1. The second-order valence-corrected chi connectivity index (χ2v) is 3.83. The first-order valence-corrected chi connectivity index (χ1v) is 5.71. The molecule has 0 bridgehead atoms. The van der Waals surface area contributed by atoms with Gasteiger partial charge in [0.2, 0.25) is 0 Å². The van der Waals surface area contributed by atoms with Gasteiger partial charge in [0.05, 0.1) is 24.7 Å². The molecule has 0 atom stereocenters. The fourth-order valence-corrected chi connectivity index (χ4v) is 1.63. The van der Waals surface area contributed by atoms with Gasteiger partial charge >= 0.3 is 0 Å². The van der Waals surface area contributed by atoms with Crippen molar-refractivity contribution in [3.8, 4) is 12.1 Å². The maximum Gasteiger partial charge on any atom is 0.146 e. The molecule has 0 saturated carbocycles. The van der Waals surface area contributed by atoms with Gasteiger partial charge in [-0.2, -0.15) is 10.5 Å². The van der Waals surface area contributed by atoms with E-state index in [1.807, 2.05) is 11.8 Å². The summed E-state index contributed by atoms with van der Waals surface area (Å²) in [5, 5.41) is 17.9. The third-order valence-corrected chi connectivity index (χ3v) is 2.61. The van der Waals surface area contributed by atoms with E-state index in [4.69, 9.17) is 10.00 Å². The van der Waals surface area contributed by atoms with Gasteiger partial charge < -0.3 is 9.64 Å². The Labute approximate surface area is 107 Å². The largest absolute Gasteiger partial charge is 0.383 e. The van der Waals surface area contributed by atoms with E-state index in [0.29, 0.717) is 37.5 Å². The maximum absolute atomic E-state index is 9.19. The summed E-state index contributed by atoms with van der Waals surface area (Å²) in [5.74, 6) is 0.629. The number of hydrogen-bond donors (Lipinski definition) is 0. The van der Waals surface area contributed by atoms with Gasteiger partial charge in [0, 0.05) is 26.4 Å². The molecule has 0 amide bonds. The minimum Gasteiger partial charge on any atom is -0.383 e. The van der Waals surface area contributed by atoms with E-state index in [1.165, 1.54) is 0 Å². The standard InChI is InChI=1S/C13H16N4O/c1-11-4-6-16-13(12(11)10-15)17(7-3-5-14)8-9-18-2/h4,6H,3,7-9H2,1-2H3. The quantitative estimate of drug-likeness (QED) is 0.760. The van der Waals surface area contributed by atoms with Gasteiger partial charge in [-0.3, -0.25) is 0 Å². The molecular formula is C13H16N4O. The zero-order valence-corrected chi connectivity index (χ0v) is 10.7. The molecule has 0 saturated heterocycles. The van der Waals surface area contributed by atoms with E-state index in [0.717, 1.165) is 5.56 Å². The van der Waals surface area contributed by atoms with Gasteiger partial charge in [-0.1, -0.05) is 0 Å². The number of anilines is 1. The van der Waals surface area contributed by atoms with Gasteiger partial charge in [-0.25, -0.2) is 4.98 Å². The summed E-state index contributed by atoms with van der Waals surface area (Å²) < 4.78 is 5.04. The summed E-state index contributed by atoms with van der Waals surface area (Å²) in [6, 6.07) is 6.08. The molecule has 0 fully saturated rings. The van der Waals surface area contributed by atoms with Crippen LogP contribution in [0.5, 0.6) is 0 Å².